The molecular weight excluding hydrogens is 336 g/mol. The standard InChI is InChI=1S/C16H17F2N3O2S/c17-13-4-1-5-14(18)15(13)24(22,23)20-10-8-12-7-6-11-3-2-9-19-16(11)21-12/h1,4-7,20H,2-3,8-10H2,(H,19,21). The number of hydrogen-bond acceptors (Lipinski definition) is 4. The van der Waals surface area contributed by atoms with Crippen molar-refractivity contribution < 1.29 is 17.2 Å². The molecule has 128 valence electrons. The van der Waals surface area contributed by atoms with Gasteiger partial charge in [0.05, 0.1) is 0 Å². The molecule has 1 aromatic carbocycles. The third-order valence-electron chi connectivity index (χ3n) is 3.81. The van der Waals surface area contributed by atoms with Crippen LogP contribution in [-0.2, 0) is 22.9 Å². The van der Waals surface area contributed by atoms with Gasteiger partial charge in [0.15, 0.2) is 4.90 Å². The van der Waals surface area contributed by atoms with Crippen molar-refractivity contribution in [3.05, 3.63) is 53.2 Å². The smallest absolute Gasteiger partial charge is 0.246 e. The number of fused-ring (bicyclic) bond motifs is 1. The molecule has 2 N–H and O–H groups in total. The van der Waals surface area contributed by atoms with E-state index in [-0.39, 0.29) is 6.54 Å². The van der Waals surface area contributed by atoms with Crippen LogP contribution >= 0.6 is 0 Å². The second-order valence-corrected chi connectivity index (χ2v) is 7.24. The number of sulfonamides is 1. The molecule has 0 aliphatic carbocycles. The highest BCUT2D eigenvalue weighted by atomic mass is 32.2. The summed E-state index contributed by atoms with van der Waals surface area (Å²) in [6.45, 7) is 0.866. The zero-order valence-electron chi connectivity index (χ0n) is 12.9. The summed E-state index contributed by atoms with van der Waals surface area (Å²) in [5.41, 5.74) is 1.85. The lowest BCUT2D eigenvalue weighted by atomic mass is 10.1. The van der Waals surface area contributed by atoms with Crippen molar-refractivity contribution in [2.75, 3.05) is 18.4 Å². The summed E-state index contributed by atoms with van der Waals surface area (Å²) in [4.78, 5) is 3.49. The lowest BCUT2D eigenvalue weighted by molar-refractivity contribution is 0.514. The van der Waals surface area contributed by atoms with Gasteiger partial charge in [-0.1, -0.05) is 12.1 Å². The summed E-state index contributed by atoms with van der Waals surface area (Å²) < 4.78 is 53.6. The van der Waals surface area contributed by atoms with Gasteiger partial charge in [0.1, 0.15) is 17.5 Å². The molecule has 8 heteroatoms. The molecule has 24 heavy (non-hydrogen) atoms. The van der Waals surface area contributed by atoms with E-state index < -0.39 is 26.6 Å². The van der Waals surface area contributed by atoms with Crippen molar-refractivity contribution >= 4 is 15.8 Å². The van der Waals surface area contributed by atoms with E-state index in [4.69, 9.17) is 0 Å². The van der Waals surface area contributed by atoms with Gasteiger partial charge in [-0.25, -0.2) is 26.9 Å². The van der Waals surface area contributed by atoms with Crippen molar-refractivity contribution in [2.45, 2.75) is 24.2 Å². The zero-order chi connectivity index (χ0) is 17.2. The van der Waals surface area contributed by atoms with Crippen LogP contribution in [0.15, 0.2) is 35.2 Å². The van der Waals surface area contributed by atoms with E-state index in [9.17, 15) is 17.2 Å². The summed E-state index contributed by atoms with van der Waals surface area (Å²) in [6.07, 6.45) is 2.35. The van der Waals surface area contributed by atoms with Crippen LogP contribution in [0.25, 0.3) is 0 Å². The van der Waals surface area contributed by atoms with E-state index in [1.807, 2.05) is 12.1 Å². The van der Waals surface area contributed by atoms with E-state index >= 15 is 0 Å². The minimum Gasteiger partial charge on any atom is -0.370 e. The SMILES string of the molecule is O=S(=O)(NCCc1ccc2c(n1)NCCC2)c1c(F)cccc1F. The Morgan fingerprint density at radius 2 is 1.92 bits per heavy atom. The average Bonchev–Trinajstić information content (AvgIpc) is 2.54. The third-order valence-corrected chi connectivity index (χ3v) is 5.32. The number of nitrogens with one attached hydrogen (secondary N) is 2. The molecule has 0 radical (unpaired) electrons. The fourth-order valence-corrected chi connectivity index (χ4v) is 3.80. The Hall–Kier alpha value is -2.06. The maximum atomic E-state index is 13.6. The molecule has 2 heterocycles. The second-order valence-electron chi connectivity index (χ2n) is 5.54. The van der Waals surface area contributed by atoms with Crippen LogP contribution in [0.3, 0.4) is 0 Å². The fraction of sp³-hybridized carbons (Fsp3) is 0.312. The van der Waals surface area contributed by atoms with Crippen molar-refractivity contribution in [1.29, 1.82) is 0 Å². The first-order valence-corrected chi connectivity index (χ1v) is 9.12. The quantitative estimate of drug-likeness (QED) is 0.865. The number of pyridine rings is 1. The van der Waals surface area contributed by atoms with Crippen molar-refractivity contribution in [3.63, 3.8) is 0 Å². The number of halogens is 2. The monoisotopic (exact) mass is 353 g/mol. The Bertz CT molecular complexity index is 836. The summed E-state index contributed by atoms with van der Waals surface area (Å²) in [6, 6.07) is 6.75. The first kappa shape index (κ1) is 16.8. The van der Waals surface area contributed by atoms with Gasteiger partial charge < -0.3 is 5.32 Å². The summed E-state index contributed by atoms with van der Waals surface area (Å²) in [5.74, 6) is -1.40. The van der Waals surface area contributed by atoms with E-state index in [2.05, 4.69) is 15.0 Å². The number of hydrogen-bond donors (Lipinski definition) is 2. The highest BCUT2D eigenvalue weighted by Crippen LogP contribution is 2.20. The van der Waals surface area contributed by atoms with E-state index in [0.717, 1.165) is 49.0 Å². The Kier molecular flexibility index (Phi) is 4.77. The van der Waals surface area contributed by atoms with Crippen LogP contribution < -0.4 is 10.0 Å². The van der Waals surface area contributed by atoms with Crippen molar-refractivity contribution in [1.82, 2.24) is 9.71 Å². The Balaban J connectivity index is 1.68. The molecule has 0 saturated heterocycles. The molecule has 0 spiro atoms. The molecule has 1 aliphatic heterocycles. The number of rotatable bonds is 5. The molecule has 2 aromatic rings. The van der Waals surface area contributed by atoms with Crippen LogP contribution in [0.5, 0.6) is 0 Å². The maximum Gasteiger partial charge on any atom is 0.246 e. The molecule has 3 rings (SSSR count). The van der Waals surface area contributed by atoms with Gasteiger partial charge in [0.2, 0.25) is 10.0 Å². The van der Waals surface area contributed by atoms with Crippen LogP contribution in [0.4, 0.5) is 14.6 Å². The Morgan fingerprint density at radius 3 is 2.67 bits per heavy atom. The molecule has 0 saturated carbocycles. The molecule has 1 aromatic heterocycles. The van der Waals surface area contributed by atoms with Gasteiger partial charge in [-0.05, 0) is 36.6 Å². The number of anilines is 1. The lowest BCUT2D eigenvalue weighted by Gasteiger charge is -2.17. The van der Waals surface area contributed by atoms with Gasteiger partial charge in [0.25, 0.3) is 0 Å². The topological polar surface area (TPSA) is 71.1 Å². The minimum absolute atomic E-state index is 0.00188. The fourth-order valence-electron chi connectivity index (χ4n) is 2.63. The average molecular weight is 353 g/mol. The molecule has 0 bridgehead atoms. The Morgan fingerprint density at radius 1 is 1.17 bits per heavy atom. The third kappa shape index (κ3) is 3.54. The van der Waals surface area contributed by atoms with Crippen LogP contribution in [0.1, 0.15) is 17.7 Å². The lowest BCUT2D eigenvalue weighted by Crippen LogP contribution is -2.28. The first-order valence-electron chi connectivity index (χ1n) is 7.64. The van der Waals surface area contributed by atoms with E-state index in [1.165, 1.54) is 0 Å². The number of aromatic nitrogens is 1. The highest BCUT2D eigenvalue weighted by Gasteiger charge is 2.23. The summed E-state index contributed by atoms with van der Waals surface area (Å²) in [7, 11) is -4.25. The molecule has 0 fully saturated rings. The molecular formula is C16H17F2N3O2S. The summed E-state index contributed by atoms with van der Waals surface area (Å²) >= 11 is 0. The van der Waals surface area contributed by atoms with E-state index in [1.54, 1.807) is 0 Å². The normalized spacial score (nSPS) is 14.1. The highest BCUT2D eigenvalue weighted by molar-refractivity contribution is 7.89. The van der Waals surface area contributed by atoms with Gasteiger partial charge >= 0.3 is 0 Å². The van der Waals surface area contributed by atoms with Crippen LogP contribution in [-0.4, -0.2) is 26.5 Å². The number of aryl methyl sites for hydroxylation is 1. The molecule has 0 amide bonds. The predicted molar refractivity (Wildman–Crippen MR) is 86.3 cm³/mol. The number of nitrogens with zero attached hydrogens (tertiary/aromatic N) is 1. The number of benzene rings is 1. The zero-order valence-corrected chi connectivity index (χ0v) is 13.7. The van der Waals surface area contributed by atoms with Crippen molar-refractivity contribution in [2.24, 2.45) is 0 Å². The largest absolute Gasteiger partial charge is 0.370 e. The van der Waals surface area contributed by atoms with Crippen LogP contribution in [0.2, 0.25) is 0 Å². The van der Waals surface area contributed by atoms with E-state index in [0.29, 0.717) is 12.1 Å². The van der Waals surface area contributed by atoms with Crippen LogP contribution in [0, 0.1) is 11.6 Å². The molecule has 0 atom stereocenters. The first-order chi connectivity index (χ1) is 11.5. The van der Waals surface area contributed by atoms with Gasteiger partial charge in [-0.2, -0.15) is 0 Å². The van der Waals surface area contributed by atoms with Gasteiger partial charge in [0, 0.05) is 25.2 Å². The van der Waals surface area contributed by atoms with Gasteiger partial charge in [-0.3, -0.25) is 0 Å². The molecule has 1 aliphatic rings. The van der Waals surface area contributed by atoms with Gasteiger partial charge in [-0.15, -0.1) is 0 Å². The summed E-state index contributed by atoms with van der Waals surface area (Å²) in [5, 5.41) is 3.20. The molecule has 5 nitrogen and oxygen atoms in total. The maximum absolute atomic E-state index is 13.6. The Labute approximate surface area is 139 Å². The second kappa shape index (κ2) is 6.82. The minimum atomic E-state index is -4.25. The van der Waals surface area contributed by atoms with Crippen molar-refractivity contribution in [3.8, 4) is 0 Å². The molecule has 0 unspecified atom stereocenters. The predicted octanol–water partition coefficient (Wildman–Crippen LogP) is 2.24.